The number of nitrogens with one attached hydrogen (secondary N) is 1. The van der Waals surface area contributed by atoms with E-state index in [9.17, 15) is 8.42 Å². The number of benzene rings is 1. The molecule has 0 aliphatic carbocycles. The lowest BCUT2D eigenvalue weighted by atomic mass is 10.2. The van der Waals surface area contributed by atoms with Gasteiger partial charge in [-0.25, -0.2) is 13.1 Å². The van der Waals surface area contributed by atoms with Crippen molar-refractivity contribution in [3.63, 3.8) is 0 Å². The zero-order valence-corrected chi connectivity index (χ0v) is 12.2. The predicted octanol–water partition coefficient (Wildman–Crippen LogP) is 1.55. The first-order valence-electron chi connectivity index (χ1n) is 5.63. The number of hydrogen-bond donors (Lipinski definition) is 2. The second kappa shape index (κ2) is 5.95. The standard InChI is InChI=1S/C11H13Cl2NO4S/c12-9-4-10(13)11(3-7(9)5-15)19(16,17)14-8-1-2-18-6-8/h3-4,8,14-15H,1-2,5-6H2. The molecular formula is C11H13Cl2NO4S. The van der Waals surface area contributed by atoms with Gasteiger partial charge in [0.2, 0.25) is 10.0 Å². The zero-order valence-electron chi connectivity index (χ0n) is 9.90. The third-order valence-electron chi connectivity index (χ3n) is 2.81. The number of hydrogen-bond acceptors (Lipinski definition) is 4. The Hall–Kier alpha value is -0.370. The summed E-state index contributed by atoms with van der Waals surface area (Å²) >= 11 is 11.8. The molecule has 1 aromatic carbocycles. The van der Waals surface area contributed by atoms with Crippen LogP contribution in [-0.4, -0.2) is 32.8 Å². The minimum Gasteiger partial charge on any atom is -0.392 e. The highest BCUT2D eigenvalue weighted by Crippen LogP contribution is 2.29. The highest BCUT2D eigenvalue weighted by Gasteiger charge is 2.26. The first kappa shape index (κ1) is 15.0. The van der Waals surface area contributed by atoms with Crippen molar-refractivity contribution in [1.82, 2.24) is 4.72 Å². The third kappa shape index (κ3) is 3.39. The fraction of sp³-hybridized carbons (Fsp3) is 0.455. The minimum absolute atomic E-state index is 0.0219. The fourth-order valence-electron chi connectivity index (χ4n) is 1.81. The molecule has 1 fully saturated rings. The van der Waals surface area contributed by atoms with Crippen molar-refractivity contribution in [2.45, 2.75) is 24.0 Å². The van der Waals surface area contributed by atoms with Crippen LogP contribution in [0.2, 0.25) is 10.0 Å². The van der Waals surface area contributed by atoms with Gasteiger partial charge in [-0.1, -0.05) is 23.2 Å². The molecule has 1 atom stereocenters. The molecule has 0 aromatic heterocycles. The molecule has 0 spiro atoms. The molecule has 2 rings (SSSR count). The van der Waals surface area contributed by atoms with Gasteiger partial charge in [0.1, 0.15) is 4.90 Å². The summed E-state index contributed by atoms with van der Waals surface area (Å²) in [4.78, 5) is -0.0884. The SMILES string of the molecule is O=S(=O)(NC1CCOC1)c1cc(CO)c(Cl)cc1Cl. The van der Waals surface area contributed by atoms with E-state index in [4.69, 9.17) is 33.0 Å². The lowest BCUT2D eigenvalue weighted by molar-refractivity contribution is 0.192. The van der Waals surface area contributed by atoms with Gasteiger partial charge in [0.25, 0.3) is 0 Å². The van der Waals surface area contributed by atoms with Gasteiger partial charge < -0.3 is 9.84 Å². The molecule has 2 N–H and O–H groups in total. The van der Waals surface area contributed by atoms with E-state index in [0.29, 0.717) is 25.2 Å². The van der Waals surface area contributed by atoms with Crippen molar-refractivity contribution >= 4 is 33.2 Å². The largest absolute Gasteiger partial charge is 0.392 e. The molecule has 0 saturated carbocycles. The highest BCUT2D eigenvalue weighted by atomic mass is 35.5. The van der Waals surface area contributed by atoms with Crippen LogP contribution in [0.5, 0.6) is 0 Å². The van der Waals surface area contributed by atoms with E-state index in [1.54, 1.807) is 0 Å². The Morgan fingerprint density at radius 3 is 2.68 bits per heavy atom. The molecule has 1 heterocycles. The zero-order chi connectivity index (χ0) is 14.0. The topological polar surface area (TPSA) is 75.6 Å². The van der Waals surface area contributed by atoms with Crippen LogP contribution in [0, 0.1) is 0 Å². The van der Waals surface area contributed by atoms with Crippen LogP contribution >= 0.6 is 23.2 Å². The predicted molar refractivity (Wildman–Crippen MR) is 71.9 cm³/mol. The second-order valence-electron chi connectivity index (χ2n) is 4.21. The van der Waals surface area contributed by atoms with Crippen molar-refractivity contribution in [3.8, 4) is 0 Å². The van der Waals surface area contributed by atoms with Gasteiger partial charge >= 0.3 is 0 Å². The summed E-state index contributed by atoms with van der Waals surface area (Å²) in [6.07, 6.45) is 0.622. The summed E-state index contributed by atoms with van der Waals surface area (Å²) in [5, 5.41) is 9.37. The maximum Gasteiger partial charge on any atom is 0.242 e. The summed E-state index contributed by atoms with van der Waals surface area (Å²) < 4.78 is 32.1. The van der Waals surface area contributed by atoms with Gasteiger partial charge in [0.05, 0.1) is 18.2 Å². The van der Waals surface area contributed by atoms with Gasteiger partial charge in [-0.3, -0.25) is 0 Å². The van der Waals surface area contributed by atoms with Crippen molar-refractivity contribution in [2.75, 3.05) is 13.2 Å². The summed E-state index contributed by atoms with van der Waals surface area (Å²) in [5.41, 5.74) is 0.314. The van der Waals surface area contributed by atoms with Crippen LogP contribution in [0.4, 0.5) is 0 Å². The van der Waals surface area contributed by atoms with Gasteiger partial charge in [0, 0.05) is 17.7 Å². The Morgan fingerprint density at radius 1 is 1.37 bits per heavy atom. The van der Waals surface area contributed by atoms with E-state index in [0.717, 1.165) is 0 Å². The number of aliphatic hydroxyl groups is 1. The maximum atomic E-state index is 12.2. The van der Waals surface area contributed by atoms with Gasteiger partial charge in [0.15, 0.2) is 0 Å². The molecule has 0 bridgehead atoms. The first-order chi connectivity index (χ1) is 8.94. The van der Waals surface area contributed by atoms with Crippen molar-refractivity contribution < 1.29 is 18.3 Å². The molecule has 1 unspecified atom stereocenters. The Kier molecular flexibility index (Phi) is 4.70. The molecular weight excluding hydrogens is 313 g/mol. The summed E-state index contributed by atoms with van der Waals surface area (Å²) in [6.45, 7) is 0.520. The van der Waals surface area contributed by atoms with Crippen LogP contribution in [0.25, 0.3) is 0 Å². The summed E-state index contributed by atoms with van der Waals surface area (Å²) in [5.74, 6) is 0. The average Bonchev–Trinajstić information content (AvgIpc) is 2.80. The van der Waals surface area contributed by atoms with Crippen LogP contribution in [-0.2, 0) is 21.4 Å². The smallest absolute Gasteiger partial charge is 0.242 e. The summed E-state index contributed by atoms with van der Waals surface area (Å²) in [7, 11) is -3.76. The molecule has 0 amide bonds. The van der Waals surface area contributed by atoms with E-state index in [-0.39, 0.29) is 27.6 Å². The molecule has 8 heteroatoms. The van der Waals surface area contributed by atoms with Gasteiger partial charge in [-0.05, 0) is 24.1 Å². The lowest BCUT2D eigenvalue weighted by Gasteiger charge is -2.14. The molecule has 19 heavy (non-hydrogen) atoms. The fourth-order valence-corrected chi connectivity index (χ4v) is 3.92. The maximum absolute atomic E-state index is 12.2. The molecule has 0 radical (unpaired) electrons. The molecule has 1 aromatic rings. The van der Waals surface area contributed by atoms with E-state index in [1.165, 1.54) is 12.1 Å². The van der Waals surface area contributed by atoms with E-state index in [1.807, 2.05) is 0 Å². The van der Waals surface area contributed by atoms with Crippen molar-refractivity contribution in [2.24, 2.45) is 0 Å². The number of aliphatic hydroxyl groups excluding tert-OH is 1. The first-order valence-corrected chi connectivity index (χ1v) is 7.87. The third-order valence-corrected chi connectivity index (χ3v) is 5.15. The normalized spacial score (nSPS) is 19.8. The van der Waals surface area contributed by atoms with Crippen molar-refractivity contribution in [1.29, 1.82) is 0 Å². The number of rotatable bonds is 4. The lowest BCUT2D eigenvalue weighted by Crippen LogP contribution is -2.35. The second-order valence-corrected chi connectivity index (χ2v) is 6.71. The quantitative estimate of drug-likeness (QED) is 0.880. The van der Waals surface area contributed by atoms with Crippen molar-refractivity contribution in [3.05, 3.63) is 27.7 Å². The van der Waals surface area contributed by atoms with Crippen LogP contribution in [0.1, 0.15) is 12.0 Å². The van der Waals surface area contributed by atoms with Crippen LogP contribution in [0.3, 0.4) is 0 Å². The van der Waals surface area contributed by atoms with Crippen LogP contribution in [0.15, 0.2) is 17.0 Å². The monoisotopic (exact) mass is 325 g/mol. The minimum atomic E-state index is -3.76. The van der Waals surface area contributed by atoms with Crippen LogP contribution < -0.4 is 4.72 Å². The Bertz CT molecular complexity index is 570. The van der Waals surface area contributed by atoms with Gasteiger partial charge in [-0.2, -0.15) is 0 Å². The molecule has 1 saturated heterocycles. The Labute approximate surface area is 121 Å². The van der Waals surface area contributed by atoms with E-state index in [2.05, 4.69) is 4.72 Å². The molecule has 106 valence electrons. The number of ether oxygens (including phenoxy) is 1. The average molecular weight is 326 g/mol. The highest BCUT2D eigenvalue weighted by molar-refractivity contribution is 7.89. The Morgan fingerprint density at radius 2 is 2.11 bits per heavy atom. The molecule has 1 aliphatic heterocycles. The van der Waals surface area contributed by atoms with E-state index >= 15 is 0 Å². The van der Waals surface area contributed by atoms with E-state index < -0.39 is 10.0 Å². The Balaban J connectivity index is 2.33. The summed E-state index contributed by atoms with van der Waals surface area (Å²) in [6, 6.07) is 2.34. The number of halogens is 2. The molecule has 5 nitrogen and oxygen atoms in total. The molecule has 1 aliphatic rings. The van der Waals surface area contributed by atoms with Gasteiger partial charge in [-0.15, -0.1) is 0 Å². The number of sulfonamides is 1.